The van der Waals surface area contributed by atoms with E-state index in [2.05, 4.69) is 29.1 Å². The summed E-state index contributed by atoms with van der Waals surface area (Å²) in [6.45, 7) is 2.82. The van der Waals surface area contributed by atoms with Crippen molar-refractivity contribution in [3.63, 3.8) is 0 Å². The Morgan fingerprint density at radius 1 is 1.29 bits per heavy atom. The third kappa shape index (κ3) is 1.96. The van der Waals surface area contributed by atoms with Gasteiger partial charge in [-0.3, -0.25) is 0 Å². The molecule has 0 spiro atoms. The van der Waals surface area contributed by atoms with Crippen LogP contribution in [0.15, 0.2) is 24.3 Å². The Kier molecular flexibility index (Phi) is 2.44. The zero-order chi connectivity index (χ0) is 11.8. The maximum atomic E-state index is 9.59. The van der Waals surface area contributed by atoms with Gasteiger partial charge in [-0.15, -0.1) is 0 Å². The standard InChI is InChI=1S/C13H15N3O/c1-9-2-4-10(5-3-9)13-14-12-8-11(17)6-7-16(12)15-13/h2-5,11,17H,6-8H2,1H3. The fourth-order valence-electron chi connectivity index (χ4n) is 2.11. The van der Waals surface area contributed by atoms with Crippen molar-refractivity contribution in [1.29, 1.82) is 0 Å². The highest BCUT2D eigenvalue weighted by Gasteiger charge is 2.20. The second kappa shape index (κ2) is 3.96. The summed E-state index contributed by atoms with van der Waals surface area (Å²) in [4.78, 5) is 4.49. The number of nitrogens with zero attached hydrogens (tertiary/aromatic N) is 3. The summed E-state index contributed by atoms with van der Waals surface area (Å²) in [5, 5.41) is 14.1. The number of aryl methyl sites for hydroxylation is 2. The van der Waals surface area contributed by atoms with Crippen LogP contribution in [0.3, 0.4) is 0 Å². The van der Waals surface area contributed by atoms with Crippen molar-refractivity contribution < 1.29 is 5.11 Å². The lowest BCUT2D eigenvalue weighted by Crippen LogP contribution is -2.23. The average molecular weight is 229 g/mol. The van der Waals surface area contributed by atoms with Gasteiger partial charge in [0.15, 0.2) is 5.82 Å². The number of hydrogen-bond donors (Lipinski definition) is 1. The zero-order valence-electron chi connectivity index (χ0n) is 9.80. The van der Waals surface area contributed by atoms with Gasteiger partial charge in [0, 0.05) is 18.5 Å². The van der Waals surface area contributed by atoms with E-state index in [-0.39, 0.29) is 6.10 Å². The van der Waals surface area contributed by atoms with Crippen LogP contribution in [-0.2, 0) is 13.0 Å². The maximum Gasteiger partial charge on any atom is 0.181 e. The molecule has 1 N–H and O–H groups in total. The molecule has 1 aromatic carbocycles. The second-order valence-electron chi connectivity index (χ2n) is 4.59. The molecule has 0 amide bonds. The van der Waals surface area contributed by atoms with E-state index in [0.29, 0.717) is 6.42 Å². The Hall–Kier alpha value is -1.68. The number of aliphatic hydroxyl groups is 1. The van der Waals surface area contributed by atoms with E-state index in [4.69, 9.17) is 0 Å². The summed E-state index contributed by atoms with van der Waals surface area (Å²) >= 11 is 0. The molecular formula is C13H15N3O. The number of aliphatic hydroxyl groups excluding tert-OH is 1. The van der Waals surface area contributed by atoms with E-state index < -0.39 is 0 Å². The van der Waals surface area contributed by atoms with Crippen LogP contribution >= 0.6 is 0 Å². The van der Waals surface area contributed by atoms with E-state index in [1.165, 1.54) is 5.56 Å². The van der Waals surface area contributed by atoms with E-state index >= 15 is 0 Å². The first-order valence-corrected chi connectivity index (χ1v) is 5.91. The van der Waals surface area contributed by atoms with Gasteiger partial charge in [-0.25, -0.2) is 9.67 Å². The first kappa shape index (κ1) is 10.5. The molecule has 0 bridgehead atoms. The van der Waals surface area contributed by atoms with E-state index in [1.54, 1.807) is 0 Å². The van der Waals surface area contributed by atoms with Crippen molar-refractivity contribution in [3.05, 3.63) is 35.7 Å². The number of benzene rings is 1. The molecule has 1 atom stereocenters. The molecule has 0 saturated carbocycles. The summed E-state index contributed by atoms with van der Waals surface area (Å²) in [5.74, 6) is 1.65. The van der Waals surface area contributed by atoms with Gasteiger partial charge in [0.05, 0.1) is 6.10 Å². The van der Waals surface area contributed by atoms with Crippen molar-refractivity contribution in [1.82, 2.24) is 14.8 Å². The van der Waals surface area contributed by atoms with Crippen LogP contribution in [0.1, 0.15) is 17.8 Å². The molecule has 0 aliphatic carbocycles. The number of fused-ring (bicyclic) bond motifs is 1. The molecule has 1 unspecified atom stereocenters. The Bertz CT molecular complexity index is 530. The molecule has 0 fully saturated rings. The normalized spacial score (nSPS) is 19.1. The Morgan fingerprint density at radius 2 is 2.06 bits per heavy atom. The van der Waals surface area contributed by atoms with Crippen molar-refractivity contribution in [3.8, 4) is 11.4 Å². The van der Waals surface area contributed by atoms with Crippen LogP contribution in [-0.4, -0.2) is 26.0 Å². The van der Waals surface area contributed by atoms with E-state index in [9.17, 15) is 5.11 Å². The largest absolute Gasteiger partial charge is 0.393 e. The molecule has 0 radical (unpaired) electrons. The SMILES string of the molecule is Cc1ccc(-c2nc3n(n2)CCC(O)C3)cc1. The first-order valence-electron chi connectivity index (χ1n) is 5.91. The van der Waals surface area contributed by atoms with Crippen molar-refractivity contribution in [2.75, 3.05) is 0 Å². The van der Waals surface area contributed by atoms with E-state index in [0.717, 1.165) is 30.2 Å². The van der Waals surface area contributed by atoms with Crippen molar-refractivity contribution in [2.45, 2.75) is 32.4 Å². The van der Waals surface area contributed by atoms with Gasteiger partial charge in [-0.1, -0.05) is 29.8 Å². The fourth-order valence-corrected chi connectivity index (χ4v) is 2.11. The van der Waals surface area contributed by atoms with Crippen LogP contribution in [0.25, 0.3) is 11.4 Å². The molecule has 1 aromatic heterocycles. The molecule has 1 aliphatic rings. The number of hydrogen-bond acceptors (Lipinski definition) is 3. The topological polar surface area (TPSA) is 50.9 Å². The van der Waals surface area contributed by atoms with Crippen molar-refractivity contribution >= 4 is 0 Å². The summed E-state index contributed by atoms with van der Waals surface area (Å²) < 4.78 is 1.90. The molecule has 88 valence electrons. The third-order valence-electron chi connectivity index (χ3n) is 3.15. The highest BCUT2D eigenvalue weighted by atomic mass is 16.3. The lowest BCUT2D eigenvalue weighted by atomic mass is 10.1. The summed E-state index contributed by atoms with van der Waals surface area (Å²) in [7, 11) is 0. The van der Waals surface area contributed by atoms with E-state index in [1.807, 2.05) is 16.8 Å². The molecule has 1 aliphatic heterocycles. The molecule has 2 heterocycles. The number of rotatable bonds is 1. The minimum absolute atomic E-state index is 0.266. The van der Waals surface area contributed by atoms with Crippen LogP contribution < -0.4 is 0 Å². The fraction of sp³-hybridized carbons (Fsp3) is 0.385. The minimum Gasteiger partial charge on any atom is -0.393 e. The predicted octanol–water partition coefficient (Wildman–Crippen LogP) is 1.56. The Morgan fingerprint density at radius 3 is 2.82 bits per heavy atom. The van der Waals surface area contributed by atoms with Crippen LogP contribution in [0, 0.1) is 6.92 Å². The Balaban J connectivity index is 1.97. The summed E-state index contributed by atoms with van der Waals surface area (Å²) in [6.07, 6.45) is 1.11. The number of aromatic nitrogens is 3. The predicted molar refractivity (Wildman–Crippen MR) is 64.5 cm³/mol. The monoisotopic (exact) mass is 229 g/mol. The van der Waals surface area contributed by atoms with Crippen LogP contribution in [0.2, 0.25) is 0 Å². The van der Waals surface area contributed by atoms with Gasteiger partial charge in [0.2, 0.25) is 0 Å². The minimum atomic E-state index is -0.266. The van der Waals surface area contributed by atoms with Gasteiger partial charge in [-0.05, 0) is 13.3 Å². The molecule has 3 rings (SSSR count). The maximum absolute atomic E-state index is 9.59. The van der Waals surface area contributed by atoms with Crippen molar-refractivity contribution in [2.24, 2.45) is 0 Å². The highest BCUT2D eigenvalue weighted by Crippen LogP contribution is 2.20. The summed E-state index contributed by atoms with van der Waals surface area (Å²) in [5.41, 5.74) is 2.26. The molecule has 17 heavy (non-hydrogen) atoms. The molecule has 4 nitrogen and oxygen atoms in total. The zero-order valence-corrected chi connectivity index (χ0v) is 9.80. The molecule has 2 aromatic rings. The first-order chi connectivity index (χ1) is 8.22. The van der Waals surface area contributed by atoms with Gasteiger partial charge >= 0.3 is 0 Å². The highest BCUT2D eigenvalue weighted by molar-refractivity contribution is 5.55. The Labute approximate surface area is 99.9 Å². The lowest BCUT2D eigenvalue weighted by molar-refractivity contribution is 0.138. The van der Waals surface area contributed by atoms with Gasteiger partial charge in [0.25, 0.3) is 0 Å². The third-order valence-corrected chi connectivity index (χ3v) is 3.15. The summed E-state index contributed by atoms with van der Waals surface area (Å²) in [6, 6.07) is 8.19. The molecular weight excluding hydrogens is 214 g/mol. The lowest BCUT2D eigenvalue weighted by Gasteiger charge is -2.16. The van der Waals surface area contributed by atoms with Crippen LogP contribution in [0.4, 0.5) is 0 Å². The smallest absolute Gasteiger partial charge is 0.181 e. The van der Waals surface area contributed by atoms with Gasteiger partial charge in [-0.2, -0.15) is 5.10 Å². The van der Waals surface area contributed by atoms with Gasteiger partial charge < -0.3 is 5.11 Å². The molecule has 0 saturated heterocycles. The second-order valence-corrected chi connectivity index (χ2v) is 4.59. The average Bonchev–Trinajstić information content (AvgIpc) is 2.72. The van der Waals surface area contributed by atoms with Crippen LogP contribution in [0.5, 0.6) is 0 Å². The quantitative estimate of drug-likeness (QED) is 0.807. The molecule has 4 heteroatoms. The van der Waals surface area contributed by atoms with Gasteiger partial charge in [0.1, 0.15) is 5.82 Å².